The summed E-state index contributed by atoms with van der Waals surface area (Å²) in [6.07, 6.45) is 0. The summed E-state index contributed by atoms with van der Waals surface area (Å²) < 4.78 is 0. The number of piperazine rings is 1. The Labute approximate surface area is 159 Å². The van der Waals surface area contributed by atoms with E-state index in [-0.39, 0.29) is 16.8 Å². The molecule has 9 heteroatoms. The molecule has 8 nitrogen and oxygen atoms in total. The number of nitro groups is 1. The molecule has 140 valence electrons. The number of benzene rings is 2. The number of carboxylic acids is 1. The summed E-state index contributed by atoms with van der Waals surface area (Å²) in [6, 6.07) is 10.6. The second-order valence-electron chi connectivity index (χ2n) is 6.05. The lowest BCUT2D eigenvalue weighted by atomic mass is 10.0. The van der Waals surface area contributed by atoms with Crippen LogP contribution in [0.5, 0.6) is 0 Å². The zero-order chi connectivity index (χ0) is 19.6. The third-order valence-electron chi connectivity index (χ3n) is 4.42. The fraction of sp³-hybridized carbons (Fsp3) is 0.222. The monoisotopic (exact) mass is 389 g/mol. The van der Waals surface area contributed by atoms with Gasteiger partial charge in [0, 0.05) is 49.0 Å². The van der Waals surface area contributed by atoms with Crippen LogP contribution < -0.4 is 4.90 Å². The molecule has 0 bridgehead atoms. The Morgan fingerprint density at radius 1 is 1.04 bits per heavy atom. The molecule has 1 aliphatic heterocycles. The first kappa shape index (κ1) is 18.7. The van der Waals surface area contributed by atoms with Crippen LogP contribution in [0.25, 0.3) is 0 Å². The van der Waals surface area contributed by atoms with E-state index in [0.717, 1.165) is 23.9 Å². The number of hydrogen-bond acceptors (Lipinski definition) is 5. The first-order chi connectivity index (χ1) is 12.9. The van der Waals surface area contributed by atoms with Crippen molar-refractivity contribution in [1.29, 1.82) is 0 Å². The number of rotatable bonds is 4. The predicted octanol–water partition coefficient (Wildman–Crippen LogP) is 2.91. The third kappa shape index (κ3) is 4.01. The zero-order valence-corrected chi connectivity index (χ0v) is 14.9. The Bertz CT molecular complexity index is 910. The topological polar surface area (TPSA) is 104 Å². The average Bonchev–Trinajstić information content (AvgIpc) is 2.67. The molecule has 1 N–H and O–H groups in total. The van der Waals surface area contributed by atoms with E-state index in [9.17, 15) is 24.8 Å². The molecular formula is C18H16ClN3O5. The minimum atomic E-state index is -1.30. The predicted molar refractivity (Wildman–Crippen MR) is 99.6 cm³/mol. The summed E-state index contributed by atoms with van der Waals surface area (Å²) in [5, 5.41) is 20.9. The van der Waals surface area contributed by atoms with Crippen molar-refractivity contribution in [2.75, 3.05) is 31.1 Å². The normalized spacial score (nSPS) is 14.1. The third-order valence-corrected chi connectivity index (χ3v) is 4.65. The molecule has 1 amide bonds. The maximum Gasteiger partial charge on any atom is 0.336 e. The summed E-state index contributed by atoms with van der Waals surface area (Å²) in [6.45, 7) is 1.83. The minimum Gasteiger partial charge on any atom is -0.478 e. The molecule has 0 radical (unpaired) electrons. The number of aromatic carboxylic acids is 1. The smallest absolute Gasteiger partial charge is 0.336 e. The first-order valence-corrected chi connectivity index (χ1v) is 8.56. The number of non-ortho nitro benzene ring substituents is 1. The van der Waals surface area contributed by atoms with Gasteiger partial charge >= 0.3 is 5.97 Å². The Hall–Kier alpha value is -3.13. The van der Waals surface area contributed by atoms with Crippen LogP contribution in [0.2, 0.25) is 5.02 Å². The molecule has 2 aromatic rings. The number of carbonyl (C=O) groups excluding carboxylic acids is 1. The highest BCUT2D eigenvalue weighted by atomic mass is 35.5. The molecule has 0 spiro atoms. The molecule has 3 rings (SSSR count). The average molecular weight is 390 g/mol. The largest absolute Gasteiger partial charge is 0.478 e. The number of amides is 1. The highest BCUT2D eigenvalue weighted by Crippen LogP contribution is 2.23. The van der Waals surface area contributed by atoms with E-state index in [4.69, 9.17) is 11.6 Å². The van der Waals surface area contributed by atoms with Crippen molar-refractivity contribution >= 4 is 34.9 Å². The highest BCUT2D eigenvalue weighted by Gasteiger charge is 2.27. The van der Waals surface area contributed by atoms with E-state index >= 15 is 0 Å². The lowest BCUT2D eigenvalue weighted by molar-refractivity contribution is -0.384. The summed E-state index contributed by atoms with van der Waals surface area (Å²) >= 11 is 6.01. The second kappa shape index (κ2) is 7.63. The zero-order valence-electron chi connectivity index (χ0n) is 14.2. The van der Waals surface area contributed by atoms with Gasteiger partial charge in [0.2, 0.25) is 0 Å². The Balaban J connectivity index is 1.78. The SMILES string of the molecule is O=C(O)c1ccc([N+](=O)[O-])cc1C(=O)N1CCN(c2cccc(Cl)c2)CC1. The quantitative estimate of drug-likeness (QED) is 0.636. The molecule has 0 saturated carbocycles. The fourth-order valence-electron chi connectivity index (χ4n) is 3.02. The van der Waals surface area contributed by atoms with Crippen LogP contribution in [0, 0.1) is 10.1 Å². The number of carboxylic acid groups (broad SMARTS) is 1. The van der Waals surface area contributed by atoms with Crippen molar-refractivity contribution in [3.63, 3.8) is 0 Å². The number of carbonyl (C=O) groups is 2. The van der Waals surface area contributed by atoms with Crippen molar-refractivity contribution in [3.8, 4) is 0 Å². The lowest BCUT2D eigenvalue weighted by Crippen LogP contribution is -2.49. The van der Waals surface area contributed by atoms with E-state index in [0.29, 0.717) is 31.2 Å². The second-order valence-corrected chi connectivity index (χ2v) is 6.49. The van der Waals surface area contributed by atoms with Gasteiger partial charge in [-0.1, -0.05) is 17.7 Å². The summed E-state index contributed by atoms with van der Waals surface area (Å²) in [5.41, 5.74) is 0.202. The summed E-state index contributed by atoms with van der Waals surface area (Å²) in [7, 11) is 0. The van der Waals surface area contributed by atoms with E-state index in [1.165, 1.54) is 4.90 Å². The molecule has 2 aromatic carbocycles. The minimum absolute atomic E-state index is 0.173. The van der Waals surface area contributed by atoms with Crippen molar-refractivity contribution < 1.29 is 19.6 Å². The van der Waals surface area contributed by atoms with Gasteiger partial charge in [-0.05, 0) is 24.3 Å². The fourth-order valence-corrected chi connectivity index (χ4v) is 3.20. The van der Waals surface area contributed by atoms with Gasteiger partial charge in [-0.2, -0.15) is 0 Å². The van der Waals surface area contributed by atoms with E-state index in [1.807, 2.05) is 18.2 Å². The van der Waals surface area contributed by atoms with Gasteiger partial charge in [0.15, 0.2) is 0 Å². The molecule has 1 aliphatic rings. The van der Waals surface area contributed by atoms with Gasteiger partial charge in [-0.3, -0.25) is 14.9 Å². The van der Waals surface area contributed by atoms with Crippen LogP contribution in [0.15, 0.2) is 42.5 Å². The van der Waals surface area contributed by atoms with Crippen LogP contribution >= 0.6 is 11.6 Å². The van der Waals surface area contributed by atoms with Crippen LogP contribution in [-0.2, 0) is 0 Å². The molecule has 0 unspecified atom stereocenters. The molecule has 1 fully saturated rings. The molecule has 1 heterocycles. The van der Waals surface area contributed by atoms with Crippen molar-refractivity contribution in [3.05, 3.63) is 68.7 Å². The number of nitrogens with zero attached hydrogens (tertiary/aromatic N) is 3. The maximum atomic E-state index is 12.8. The Kier molecular flexibility index (Phi) is 5.27. The Morgan fingerprint density at radius 3 is 2.33 bits per heavy atom. The van der Waals surface area contributed by atoms with Crippen molar-refractivity contribution in [2.45, 2.75) is 0 Å². The molecule has 0 aromatic heterocycles. The van der Waals surface area contributed by atoms with Crippen LogP contribution in [0.3, 0.4) is 0 Å². The van der Waals surface area contributed by atoms with Gasteiger partial charge in [0.05, 0.1) is 16.1 Å². The molecule has 0 aliphatic carbocycles. The molecule has 1 saturated heterocycles. The van der Waals surface area contributed by atoms with Crippen LogP contribution in [0.4, 0.5) is 11.4 Å². The van der Waals surface area contributed by atoms with E-state index in [1.54, 1.807) is 6.07 Å². The van der Waals surface area contributed by atoms with Gasteiger partial charge in [0.25, 0.3) is 11.6 Å². The van der Waals surface area contributed by atoms with E-state index < -0.39 is 16.8 Å². The van der Waals surface area contributed by atoms with Gasteiger partial charge < -0.3 is 14.9 Å². The standard InChI is InChI=1S/C18H16ClN3O5/c19-12-2-1-3-13(10-12)20-6-8-21(9-7-20)17(23)16-11-14(22(26)27)4-5-15(16)18(24)25/h1-5,10-11H,6-9H2,(H,24,25). The van der Waals surface area contributed by atoms with Crippen LogP contribution in [0.1, 0.15) is 20.7 Å². The van der Waals surface area contributed by atoms with Crippen molar-refractivity contribution in [1.82, 2.24) is 4.90 Å². The molecule has 27 heavy (non-hydrogen) atoms. The maximum absolute atomic E-state index is 12.8. The number of nitro benzene ring substituents is 1. The highest BCUT2D eigenvalue weighted by molar-refractivity contribution is 6.30. The van der Waals surface area contributed by atoms with Gasteiger partial charge in [0.1, 0.15) is 0 Å². The van der Waals surface area contributed by atoms with Gasteiger partial charge in [-0.15, -0.1) is 0 Å². The molecular weight excluding hydrogens is 374 g/mol. The van der Waals surface area contributed by atoms with Crippen LogP contribution in [-0.4, -0.2) is 53.0 Å². The first-order valence-electron chi connectivity index (χ1n) is 8.18. The summed E-state index contributed by atoms with van der Waals surface area (Å²) in [4.78, 5) is 38.1. The number of halogens is 1. The van der Waals surface area contributed by atoms with Crippen molar-refractivity contribution in [2.24, 2.45) is 0 Å². The van der Waals surface area contributed by atoms with E-state index in [2.05, 4.69) is 4.90 Å². The molecule has 0 atom stereocenters. The van der Waals surface area contributed by atoms with Gasteiger partial charge in [-0.25, -0.2) is 4.79 Å². The Morgan fingerprint density at radius 2 is 1.74 bits per heavy atom. The number of hydrogen-bond donors (Lipinski definition) is 1. The summed E-state index contributed by atoms with van der Waals surface area (Å²) in [5.74, 6) is -1.83. The lowest BCUT2D eigenvalue weighted by Gasteiger charge is -2.36. The number of anilines is 1.